The molecule has 0 atom stereocenters. The molecule has 0 aliphatic rings. The van der Waals surface area contributed by atoms with Crippen LogP contribution in [0.1, 0.15) is 13.8 Å². The van der Waals surface area contributed by atoms with Gasteiger partial charge in [0.25, 0.3) is 0 Å². The van der Waals surface area contributed by atoms with E-state index in [9.17, 15) is 8.42 Å². The van der Waals surface area contributed by atoms with E-state index in [0.717, 1.165) is 0 Å². The normalized spacial score (nSPS) is 13.0. The second-order valence-corrected chi connectivity index (χ2v) is 4.46. The molecule has 0 bridgehead atoms. The Bertz CT molecular complexity index is 186. The SMILES string of the molecule is CC(C)N(C)S(=O)(=O)CN. The quantitative estimate of drug-likeness (QED) is 0.619. The van der Waals surface area contributed by atoms with Crippen molar-refractivity contribution in [1.29, 1.82) is 0 Å². The summed E-state index contributed by atoms with van der Waals surface area (Å²) in [7, 11) is -1.67. The number of hydrogen-bond acceptors (Lipinski definition) is 3. The number of nitrogens with zero attached hydrogens (tertiary/aromatic N) is 1. The Morgan fingerprint density at radius 2 is 1.90 bits per heavy atom. The molecule has 0 saturated heterocycles. The van der Waals surface area contributed by atoms with Crippen molar-refractivity contribution in [3.8, 4) is 0 Å². The van der Waals surface area contributed by atoms with E-state index >= 15 is 0 Å². The molecule has 0 heterocycles. The molecule has 4 nitrogen and oxygen atoms in total. The highest BCUT2D eigenvalue weighted by Gasteiger charge is 2.17. The molecule has 0 fully saturated rings. The van der Waals surface area contributed by atoms with Gasteiger partial charge in [0.15, 0.2) is 0 Å². The minimum absolute atomic E-state index is 0.0199. The van der Waals surface area contributed by atoms with Gasteiger partial charge in [0.1, 0.15) is 5.88 Å². The number of rotatable bonds is 3. The predicted octanol–water partition coefficient (Wildman–Crippen LogP) is -0.427. The summed E-state index contributed by atoms with van der Waals surface area (Å²) in [6.45, 7) is 3.60. The minimum atomic E-state index is -3.19. The monoisotopic (exact) mass is 166 g/mol. The van der Waals surface area contributed by atoms with E-state index in [0.29, 0.717) is 0 Å². The molecule has 0 unspecified atom stereocenters. The van der Waals surface area contributed by atoms with Crippen LogP contribution in [0.4, 0.5) is 0 Å². The van der Waals surface area contributed by atoms with Crippen molar-refractivity contribution in [3.63, 3.8) is 0 Å². The highest BCUT2D eigenvalue weighted by Crippen LogP contribution is 2.00. The highest BCUT2D eigenvalue weighted by molar-refractivity contribution is 7.89. The van der Waals surface area contributed by atoms with E-state index in [1.54, 1.807) is 13.8 Å². The fraction of sp³-hybridized carbons (Fsp3) is 1.00. The average molecular weight is 166 g/mol. The molecule has 0 rings (SSSR count). The van der Waals surface area contributed by atoms with Crippen molar-refractivity contribution in [2.24, 2.45) is 5.73 Å². The summed E-state index contributed by atoms with van der Waals surface area (Å²) in [6, 6.07) is -0.0199. The number of hydrogen-bond donors (Lipinski definition) is 1. The van der Waals surface area contributed by atoms with Crippen LogP contribution in [0.15, 0.2) is 0 Å². The number of nitrogens with two attached hydrogens (primary N) is 1. The van der Waals surface area contributed by atoms with Gasteiger partial charge in [-0.3, -0.25) is 0 Å². The first-order valence-corrected chi connectivity index (χ1v) is 4.68. The summed E-state index contributed by atoms with van der Waals surface area (Å²) in [5, 5.41) is 0. The lowest BCUT2D eigenvalue weighted by Crippen LogP contribution is -2.37. The predicted molar refractivity (Wildman–Crippen MR) is 40.9 cm³/mol. The minimum Gasteiger partial charge on any atom is -0.317 e. The van der Waals surface area contributed by atoms with Crippen molar-refractivity contribution in [2.75, 3.05) is 12.9 Å². The second-order valence-electron chi connectivity index (χ2n) is 2.39. The van der Waals surface area contributed by atoms with Crippen LogP contribution in [0.2, 0.25) is 0 Å². The molecule has 0 aliphatic heterocycles. The van der Waals surface area contributed by atoms with Crippen LogP contribution in [0, 0.1) is 0 Å². The zero-order chi connectivity index (χ0) is 8.36. The Morgan fingerprint density at radius 1 is 1.50 bits per heavy atom. The molecule has 10 heavy (non-hydrogen) atoms. The Labute approximate surface area is 62.1 Å². The van der Waals surface area contributed by atoms with Gasteiger partial charge in [-0.05, 0) is 13.8 Å². The molecule has 0 radical (unpaired) electrons. The maximum Gasteiger partial charge on any atom is 0.226 e. The summed E-state index contributed by atoms with van der Waals surface area (Å²) in [5.41, 5.74) is 5.02. The van der Waals surface area contributed by atoms with Crippen LogP contribution < -0.4 is 5.73 Å². The van der Waals surface area contributed by atoms with Gasteiger partial charge < -0.3 is 5.73 Å². The van der Waals surface area contributed by atoms with E-state index in [2.05, 4.69) is 0 Å². The van der Waals surface area contributed by atoms with Crippen molar-refractivity contribution >= 4 is 10.0 Å². The summed E-state index contributed by atoms with van der Waals surface area (Å²) in [5.74, 6) is -0.318. The maximum atomic E-state index is 10.9. The molecule has 0 aromatic rings. The fourth-order valence-corrected chi connectivity index (χ4v) is 1.32. The van der Waals surface area contributed by atoms with Crippen LogP contribution in [-0.4, -0.2) is 31.7 Å². The molecular weight excluding hydrogens is 152 g/mol. The van der Waals surface area contributed by atoms with E-state index < -0.39 is 10.0 Å². The van der Waals surface area contributed by atoms with Gasteiger partial charge in [-0.25, -0.2) is 12.7 Å². The van der Waals surface area contributed by atoms with Crippen LogP contribution in [0.3, 0.4) is 0 Å². The zero-order valence-corrected chi connectivity index (χ0v) is 7.35. The van der Waals surface area contributed by atoms with E-state index in [1.165, 1.54) is 11.4 Å². The standard InChI is InChI=1S/C5H14N2O2S/c1-5(2)7(3)10(8,9)4-6/h5H,4,6H2,1-3H3. The van der Waals surface area contributed by atoms with Crippen molar-refractivity contribution in [3.05, 3.63) is 0 Å². The molecule has 0 aromatic heterocycles. The molecule has 0 spiro atoms. The molecule has 5 heteroatoms. The summed E-state index contributed by atoms with van der Waals surface area (Å²) < 4.78 is 23.1. The third-order valence-corrected chi connectivity index (χ3v) is 3.10. The first-order valence-electron chi connectivity index (χ1n) is 3.07. The van der Waals surface area contributed by atoms with Gasteiger partial charge in [-0.2, -0.15) is 0 Å². The van der Waals surface area contributed by atoms with Crippen molar-refractivity contribution in [2.45, 2.75) is 19.9 Å². The van der Waals surface area contributed by atoms with Crippen molar-refractivity contribution in [1.82, 2.24) is 4.31 Å². The average Bonchev–Trinajstić information content (AvgIpc) is 1.86. The second kappa shape index (κ2) is 3.32. The fourth-order valence-electron chi connectivity index (χ4n) is 0.439. The first-order chi connectivity index (χ1) is 4.41. The van der Waals surface area contributed by atoms with Crippen LogP contribution >= 0.6 is 0 Å². The lowest BCUT2D eigenvalue weighted by Gasteiger charge is -2.19. The molecular formula is C5H14N2O2S. The van der Waals surface area contributed by atoms with Crippen LogP contribution in [0.5, 0.6) is 0 Å². The maximum absolute atomic E-state index is 10.9. The number of sulfonamides is 1. The van der Waals surface area contributed by atoms with Crippen LogP contribution in [0.25, 0.3) is 0 Å². The molecule has 0 saturated carbocycles. The zero-order valence-electron chi connectivity index (χ0n) is 6.53. The van der Waals surface area contributed by atoms with Crippen molar-refractivity contribution < 1.29 is 8.42 Å². The van der Waals surface area contributed by atoms with Gasteiger partial charge in [-0.15, -0.1) is 0 Å². The third-order valence-electron chi connectivity index (χ3n) is 1.38. The Morgan fingerprint density at radius 3 is 2.00 bits per heavy atom. The molecule has 2 N–H and O–H groups in total. The molecule has 0 aromatic carbocycles. The Balaban J connectivity index is 4.35. The first kappa shape index (κ1) is 9.87. The van der Waals surface area contributed by atoms with Gasteiger partial charge in [-0.1, -0.05) is 0 Å². The van der Waals surface area contributed by atoms with Gasteiger partial charge in [0.05, 0.1) is 0 Å². The Kier molecular flexibility index (Phi) is 3.27. The molecule has 0 aliphatic carbocycles. The largest absolute Gasteiger partial charge is 0.317 e. The molecule has 0 amide bonds. The lowest BCUT2D eigenvalue weighted by molar-refractivity contribution is 0.411. The van der Waals surface area contributed by atoms with Gasteiger partial charge >= 0.3 is 0 Å². The smallest absolute Gasteiger partial charge is 0.226 e. The Hall–Kier alpha value is -0.130. The highest BCUT2D eigenvalue weighted by atomic mass is 32.2. The summed E-state index contributed by atoms with van der Waals surface area (Å²) in [6.07, 6.45) is 0. The van der Waals surface area contributed by atoms with Crippen LogP contribution in [-0.2, 0) is 10.0 Å². The summed E-state index contributed by atoms with van der Waals surface area (Å²) >= 11 is 0. The lowest BCUT2D eigenvalue weighted by atomic mass is 10.4. The third kappa shape index (κ3) is 2.24. The topological polar surface area (TPSA) is 63.4 Å². The molecule has 62 valence electrons. The summed E-state index contributed by atoms with van der Waals surface area (Å²) in [4.78, 5) is 0. The van der Waals surface area contributed by atoms with Gasteiger partial charge in [0, 0.05) is 13.1 Å². The van der Waals surface area contributed by atoms with E-state index in [4.69, 9.17) is 5.73 Å². The van der Waals surface area contributed by atoms with E-state index in [-0.39, 0.29) is 11.9 Å². The van der Waals surface area contributed by atoms with E-state index in [1.807, 2.05) is 0 Å². The van der Waals surface area contributed by atoms with Gasteiger partial charge in [0.2, 0.25) is 10.0 Å².